The zero-order valence-corrected chi connectivity index (χ0v) is 19.0. The summed E-state index contributed by atoms with van der Waals surface area (Å²) in [6, 6.07) is 21.0. The molecule has 3 aromatic carbocycles. The van der Waals surface area contributed by atoms with E-state index in [0.29, 0.717) is 17.5 Å². The number of hydrogen-bond acceptors (Lipinski definition) is 6. The van der Waals surface area contributed by atoms with Crippen molar-refractivity contribution in [3.63, 3.8) is 0 Å². The zero-order valence-electron chi connectivity index (χ0n) is 19.0. The van der Waals surface area contributed by atoms with Crippen molar-refractivity contribution >= 4 is 34.7 Å². The number of ether oxygens (including phenoxy) is 1. The summed E-state index contributed by atoms with van der Waals surface area (Å²) < 4.78 is 18.8. The third kappa shape index (κ3) is 5.66. The largest absolute Gasteiger partial charge is 0.494 e. The summed E-state index contributed by atoms with van der Waals surface area (Å²) >= 11 is 0. The van der Waals surface area contributed by atoms with E-state index in [1.54, 1.807) is 12.1 Å². The quantitative estimate of drug-likeness (QED) is 0.316. The fourth-order valence-electron chi connectivity index (χ4n) is 3.25. The summed E-state index contributed by atoms with van der Waals surface area (Å²) in [6.45, 7) is 3.93. The second kappa shape index (κ2) is 9.99. The first-order valence-corrected chi connectivity index (χ1v) is 10.6. The molecule has 4 rings (SSSR count). The Balaban J connectivity index is 1.42. The van der Waals surface area contributed by atoms with E-state index in [-0.39, 0.29) is 11.3 Å². The van der Waals surface area contributed by atoms with E-state index in [1.807, 2.05) is 56.3 Å². The molecule has 1 amide bonds. The van der Waals surface area contributed by atoms with Gasteiger partial charge in [0.1, 0.15) is 5.82 Å². The topological polar surface area (TPSA) is 88.2 Å². The summed E-state index contributed by atoms with van der Waals surface area (Å²) in [7, 11) is 1.37. The molecule has 172 valence electrons. The first kappa shape index (κ1) is 22.7. The van der Waals surface area contributed by atoms with Crippen LogP contribution in [0, 0.1) is 19.7 Å². The number of rotatable bonds is 7. The Bertz CT molecular complexity index is 1310. The lowest BCUT2D eigenvalue weighted by atomic mass is 10.2. The third-order valence-electron chi connectivity index (χ3n) is 4.99. The van der Waals surface area contributed by atoms with Crippen molar-refractivity contribution in [1.82, 2.24) is 9.97 Å². The fraction of sp³-hybridized carbons (Fsp3) is 0.115. The Hall–Kier alpha value is -4.46. The van der Waals surface area contributed by atoms with Crippen LogP contribution in [-0.2, 0) is 0 Å². The van der Waals surface area contributed by atoms with Crippen LogP contribution in [0.3, 0.4) is 0 Å². The van der Waals surface area contributed by atoms with Gasteiger partial charge in [0, 0.05) is 34.4 Å². The molecular weight excluding hydrogens is 433 g/mol. The number of aromatic nitrogens is 2. The predicted molar refractivity (Wildman–Crippen MR) is 132 cm³/mol. The van der Waals surface area contributed by atoms with E-state index in [1.165, 1.54) is 24.8 Å². The van der Waals surface area contributed by atoms with Crippen molar-refractivity contribution in [2.45, 2.75) is 13.8 Å². The van der Waals surface area contributed by atoms with Crippen LogP contribution in [0.1, 0.15) is 21.6 Å². The average molecular weight is 458 g/mol. The third-order valence-corrected chi connectivity index (χ3v) is 4.99. The molecule has 7 nitrogen and oxygen atoms in total. The van der Waals surface area contributed by atoms with Crippen molar-refractivity contribution in [3.05, 3.63) is 95.4 Å². The number of nitrogens with one attached hydrogen (secondary N) is 3. The Morgan fingerprint density at radius 2 is 1.47 bits per heavy atom. The first-order chi connectivity index (χ1) is 16.4. The highest BCUT2D eigenvalue weighted by Gasteiger charge is 2.11. The van der Waals surface area contributed by atoms with Crippen molar-refractivity contribution in [3.8, 4) is 5.75 Å². The average Bonchev–Trinajstić information content (AvgIpc) is 2.81. The van der Waals surface area contributed by atoms with Gasteiger partial charge in [-0.2, -0.15) is 4.98 Å². The molecule has 0 bridgehead atoms. The van der Waals surface area contributed by atoms with Crippen LogP contribution in [0.15, 0.2) is 72.8 Å². The Kier molecular flexibility index (Phi) is 6.68. The molecule has 0 atom stereocenters. The number of anilines is 5. The number of carbonyl (C=O) groups excluding carboxylic acids is 1. The highest BCUT2D eigenvalue weighted by molar-refractivity contribution is 6.04. The van der Waals surface area contributed by atoms with Crippen LogP contribution in [0.5, 0.6) is 5.75 Å². The van der Waals surface area contributed by atoms with E-state index in [2.05, 4.69) is 25.9 Å². The van der Waals surface area contributed by atoms with Gasteiger partial charge in [0.2, 0.25) is 5.95 Å². The van der Waals surface area contributed by atoms with E-state index in [9.17, 15) is 9.18 Å². The molecule has 8 heteroatoms. The molecule has 1 aromatic heterocycles. The minimum Gasteiger partial charge on any atom is -0.494 e. The summed E-state index contributed by atoms with van der Waals surface area (Å²) in [6.07, 6.45) is 0. The second-order valence-corrected chi connectivity index (χ2v) is 7.71. The lowest BCUT2D eigenvalue weighted by Crippen LogP contribution is -2.12. The summed E-state index contributed by atoms with van der Waals surface area (Å²) in [5.74, 6) is 0.199. The van der Waals surface area contributed by atoms with Crippen LogP contribution in [0.4, 0.5) is 33.2 Å². The molecule has 4 aromatic rings. The van der Waals surface area contributed by atoms with E-state index in [4.69, 9.17) is 4.74 Å². The van der Waals surface area contributed by atoms with Gasteiger partial charge in [0.05, 0.1) is 7.11 Å². The molecule has 0 aliphatic heterocycles. The van der Waals surface area contributed by atoms with Gasteiger partial charge in [-0.1, -0.05) is 17.7 Å². The van der Waals surface area contributed by atoms with E-state index >= 15 is 0 Å². The van der Waals surface area contributed by atoms with Gasteiger partial charge in [-0.3, -0.25) is 4.79 Å². The second-order valence-electron chi connectivity index (χ2n) is 7.71. The van der Waals surface area contributed by atoms with Crippen LogP contribution in [-0.4, -0.2) is 23.0 Å². The van der Waals surface area contributed by atoms with E-state index in [0.717, 1.165) is 23.1 Å². The fourth-order valence-corrected chi connectivity index (χ4v) is 3.25. The van der Waals surface area contributed by atoms with Crippen LogP contribution in [0.25, 0.3) is 0 Å². The molecular formula is C26H24FN5O2. The first-order valence-electron chi connectivity index (χ1n) is 10.6. The van der Waals surface area contributed by atoms with Gasteiger partial charge >= 0.3 is 0 Å². The maximum Gasteiger partial charge on any atom is 0.255 e. The van der Waals surface area contributed by atoms with Crippen LogP contribution in [0.2, 0.25) is 0 Å². The molecule has 0 aliphatic carbocycles. The summed E-state index contributed by atoms with van der Waals surface area (Å²) in [5.41, 5.74) is 4.45. The Labute approximate surface area is 197 Å². The summed E-state index contributed by atoms with van der Waals surface area (Å²) in [5, 5.41) is 9.21. The van der Waals surface area contributed by atoms with Gasteiger partial charge in [-0.25, -0.2) is 9.37 Å². The highest BCUT2D eigenvalue weighted by Crippen LogP contribution is 2.22. The van der Waals surface area contributed by atoms with Crippen LogP contribution < -0.4 is 20.7 Å². The number of hydrogen-bond donors (Lipinski definition) is 3. The number of carbonyl (C=O) groups is 1. The van der Waals surface area contributed by atoms with Gasteiger partial charge in [-0.05, 0) is 68.4 Å². The molecule has 0 saturated heterocycles. The monoisotopic (exact) mass is 457 g/mol. The van der Waals surface area contributed by atoms with Crippen molar-refractivity contribution in [2.75, 3.05) is 23.1 Å². The number of methoxy groups -OCH3 is 1. The van der Waals surface area contributed by atoms with Crippen LogP contribution >= 0.6 is 0 Å². The summed E-state index contributed by atoms with van der Waals surface area (Å²) in [4.78, 5) is 21.4. The molecule has 0 radical (unpaired) electrons. The highest BCUT2D eigenvalue weighted by atomic mass is 19.1. The van der Waals surface area contributed by atoms with Gasteiger partial charge in [0.15, 0.2) is 11.6 Å². The SMILES string of the molecule is COc1ccc(C(=O)Nc2ccc(Nc3cc(C)nc(Nc4ccc(C)cc4)n3)cc2)cc1F. The smallest absolute Gasteiger partial charge is 0.255 e. The molecule has 0 aliphatic rings. The zero-order chi connectivity index (χ0) is 24.1. The molecule has 34 heavy (non-hydrogen) atoms. The van der Waals surface area contributed by atoms with Gasteiger partial charge < -0.3 is 20.7 Å². The standard InChI is InChI=1S/C26H24FN5O2/c1-16-4-7-21(8-5-16)31-26-28-17(2)14-24(32-26)29-19-9-11-20(12-10-19)30-25(33)18-6-13-23(34-3)22(27)15-18/h4-15H,1-3H3,(H,30,33)(H2,28,29,31,32). The number of halogens is 1. The minimum atomic E-state index is -0.592. The predicted octanol–water partition coefficient (Wildman–Crippen LogP) is 5.98. The van der Waals surface area contributed by atoms with Crippen molar-refractivity contribution in [2.24, 2.45) is 0 Å². The lowest BCUT2D eigenvalue weighted by molar-refractivity contribution is 0.102. The molecule has 1 heterocycles. The lowest BCUT2D eigenvalue weighted by Gasteiger charge is -2.11. The van der Waals surface area contributed by atoms with Gasteiger partial charge in [-0.15, -0.1) is 0 Å². The number of aryl methyl sites for hydroxylation is 2. The minimum absolute atomic E-state index is 0.0872. The molecule has 0 spiro atoms. The maximum absolute atomic E-state index is 13.9. The Morgan fingerprint density at radius 1 is 0.824 bits per heavy atom. The molecule has 0 saturated carbocycles. The van der Waals surface area contributed by atoms with Crippen molar-refractivity contribution < 1.29 is 13.9 Å². The molecule has 0 fully saturated rings. The number of nitrogens with zero attached hydrogens (tertiary/aromatic N) is 2. The molecule has 3 N–H and O–H groups in total. The molecule has 0 unspecified atom stereocenters. The normalized spacial score (nSPS) is 10.5. The van der Waals surface area contributed by atoms with Gasteiger partial charge in [0.25, 0.3) is 5.91 Å². The number of benzene rings is 3. The van der Waals surface area contributed by atoms with E-state index < -0.39 is 11.7 Å². The number of amides is 1. The maximum atomic E-state index is 13.9. The van der Waals surface area contributed by atoms with Crippen molar-refractivity contribution in [1.29, 1.82) is 0 Å². The Morgan fingerprint density at radius 3 is 2.15 bits per heavy atom.